The van der Waals surface area contributed by atoms with Crippen LogP contribution in [0.4, 0.5) is 4.39 Å². The van der Waals surface area contributed by atoms with Crippen molar-refractivity contribution in [3.05, 3.63) is 65.7 Å². The van der Waals surface area contributed by atoms with Crippen LogP contribution >= 0.6 is 0 Å². The molecule has 0 aliphatic carbocycles. The zero-order valence-electron chi connectivity index (χ0n) is 13.4. The molecular weight excluding hydrogens is 305 g/mol. The van der Waals surface area contributed by atoms with Crippen LogP contribution in [-0.2, 0) is 17.9 Å². The molecule has 24 heavy (non-hydrogen) atoms. The Bertz CT molecular complexity index is 719. The molecule has 1 aromatic heterocycles. The maximum absolute atomic E-state index is 13.1. The van der Waals surface area contributed by atoms with Gasteiger partial charge in [-0.3, -0.25) is 14.7 Å². The molecule has 2 aliphatic rings. The van der Waals surface area contributed by atoms with Crippen LogP contribution in [-0.4, -0.2) is 39.3 Å². The van der Waals surface area contributed by atoms with Gasteiger partial charge in [0.15, 0.2) is 0 Å². The highest BCUT2D eigenvalue weighted by Crippen LogP contribution is 2.34. The highest BCUT2D eigenvalue weighted by molar-refractivity contribution is 5.80. The van der Waals surface area contributed by atoms with Crippen LogP contribution in [0.2, 0.25) is 0 Å². The van der Waals surface area contributed by atoms with Crippen molar-refractivity contribution in [1.29, 1.82) is 0 Å². The minimum atomic E-state index is -0.211. The number of halogens is 1. The van der Waals surface area contributed by atoms with Crippen molar-refractivity contribution in [2.75, 3.05) is 6.54 Å². The summed E-state index contributed by atoms with van der Waals surface area (Å²) in [6, 6.07) is 11.1. The third kappa shape index (κ3) is 2.91. The molecule has 4 nitrogen and oxygen atoms in total. The number of likely N-dealkylation sites (tertiary alicyclic amines) is 2. The van der Waals surface area contributed by atoms with E-state index in [4.69, 9.17) is 0 Å². The SMILES string of the molecule is O=C1C[C@@H]2[C@H](CCN2Cc2ccc(F)cc2)N1Cc1ccncc1. The van der Waals surface area contributed by atoms with Gasteiger partial charge < -0.3 is 4.90 Å². The Balaban J connectivity index is 1.46. The molecule has 2 aromatic rings. The van der Waals surface area contributed by atoms with Crippen molar-refractivity contribution in [2.45, 2.75) is 38.0 Å². The molecule has 1 amide bonds. The number of pyridine rings is 1. The average molecular weight is 325 g/mol. The maximum Gasteiger partial charge on any atom is 0.224 e. The van der Waals surface area contributed by atoms with Gasteiger partial charge in [0.1, 0.15) is 5.82 Å². The Morgan fingerprint density at radius 1 is 1.00 bits per heavy atom. The second-order valence-electron chi connectivity index (χ2n) is 6.60. The number of aromatic nitrogens is 1. The van der Waals surface area contributed by atoms with Gasteiger partial charge in [-0.15, -0.1) is 0 Å². The predicted molar refractivity (Wildman–Crippen MR) is 88.4 cm³/mol. The van der Waals surface area contributed by atoms with Crippen LogP contribution in [0.25, 0.3) is 0 Å². The highest BCUT2D eigenvalue weighted by Gasteiger charge is 2.46. The lowest BCUT2D eigenvalue weighted by Crippen LogP contribution is -2.36. The summed E-state index contributed by atoms with van der Waals surface area (Å²) in [7, 11) is 0. The Morgan fingerprint density at radius 2 is 1.71 bits per heavy atom. The number of rotatable bonds is 4. The van der Waals surface area contributed by atoms with Crippen LogP contribution in [0.1, 0.15) is 24.0 Å². The number of hydrogen-bond donors (Lipinski definition) is 0. The minimum Gasteiger partial charge on any atom is -0.334 e. The monoisotopic (exact) mass is 325 g/mol. The topological polar surface area (TPSA) is 36.4 Å². The lowest BCUT2D eigenvalue weighted by molar-refractivity contribution is -0.129. The predicted octanol–water partition coefficient (Wildman–Crippen LogP) is 2.60. The molecular formula is C19H20FN3O. The summed E-state index contributed by atoms with van der Waals surface area (Å²) in [6.07, 6.45) is 5.12. The Hall–Kier alpha value is -2.27. The van der Waals surface area contributed by atoms with E-state index in [1.165, 1.54) is 12.1 Å². The summed E-state index contributed by atoms with van der Waals surface area (Å²) in [6.45, 7) is 2.41. The number of carbonyl (C=O) groups excluding carboxylic acids is 1. The van der Waals surface area contributed by atoms with Crippen molar-refractivity contribution in [3.63, 3.8) is 0 Å². The first-order chi connectivity index (χ1) is 11.7. The second kappa shape index (κ2) is 6.32. The van der Waals surface area contributed by atoms with Crippen LogP contribution in [0.15, 0.2) is 48.8 Å². The van der Waals surface area contributed by atoms with Crippen LogP contribution in [0.5, 0.6) is 0 Å². The quantitative estimate of drug-likeness (QED) is 0.867. The number of fused-ring (bicyclic) bond motifs is 1. The van der Waals surface area contributed by atoms with Gasteiger partial charge in [0.2, 0.25) is 5.91 Å². The first kappa shape index (κ1) is 15.3. The molecule has 0 saturated carbocycles. The fourth-order valence-corrected chi connectivity index (χ4v) is 3.92. The fourth-order valence-electron chi connectivity index (χ4n) is 3.92. The summed E-state index contributed by atoms with van der Waals surface area (Å²) in [5, 5.41) is 0. The van der Waals surface area contributed by atoms with Crippen molar-refractivity contribution >= 4 is 5.91 Å². The van der Waals surface area contributed by atoms with Crippen molar-refractivity contribution in [3.8, 4) is 0 Å². The molecule has 5 heteroatoms. The first-order valence-electron chi connectivity index (χ1n) is 8.37. The molecule has 3 heterocycles. The van der Waals surface area contributed by atoms with Gasteiger partial charge in [0, 0.05) is 50.5 Å². The van der Waals surface area contributed by atoms with Gasteiger partial charge in [-0.05, 0) is 41.8 Å². The molecule has 0 unspecified atom stereocenters. The van der Waals surface area contributed by atoms with E-state index in [-0.39, 0.29) is 23.8 Å². The van der Waals surface area contributed by atoms with Crippen LogP contribution < -0.4 is 0 Å². The molecule has 2 atom stereocenters. The number of nitrogens with zero attached hydrogens (tertiary/aromatic N) is 3. The summed E-state index contributed by atoms with van der Waals surface area (Å²) < 4.78 is 13.1. The Morgan fingerprint density at radius 3 is 2.46 bits per heavy atom. The van der Waals surface area contributed by atoms with Gasteiger partial charge in [-0.1, -0.05) is 12.1 Å². The van der Waals surface area contributed by atoms with Crippen molar-refractivity contribution < 1.29 is 9.18 Å². The molecule has 2 fully saturated rings. The molecule has 4 rings (SSSR count). The molecule has 124 valence electrons. The van der Waals surface area contributed by atoms with E-state index in [9.17, 15) is 9.18 Å². The largest absolute Gasteiger partial charge is 0.334 e. The standard InChI is InChI=1S/C19H20FN3O/c20-16-3-1-14(2-4-16)12-22-10-7-17-18(22)11-19(24)23(17)13-15-5-8-21-9-6-15/h1-6,8-9,17-18H,7,10-13H2/t17-,18+/m0/s1. The van der Waals surface area contributed by atoms with E-state index in [1.54, 1.807) is 12.4 Å². The van der Waals surface area contributed by atoms with Gasteiger partial charge >= 0.3 is 0 Å². The number of carbonyl (C=O) groups is 1. The van der Waals surface area contributed by atoms with E-state index in [0.717, 1.165) is 30.6 Å². The van der Waals surface area contributed by atoms with E-state index in [2.05, 4.69) is 9.88 Å². The molecule has 0 spiro atoms. The lowest BCUT2D eigenvalue weighted by atomic mass is 10.1. The zero-order chi connectivity index (χ0) is 16.5. The van der Waals surface area contributed by atoms with E-state index in [0.29, 0.717) is 13.0 Å². The summed E-state index contributed by atoms with van der Waals surface area (Å²) in [5.41, 5.74) is 2.22. The Labute approximate surface area is 140 Å². The molecule has 1 aromatic carbocycles. The number of hydrogen-bond acceptors (Lipinski definition) is 3. The maximum atomic E-state index is 13.1. The van der Waals surface area contributed by atoms with E-state index in [1.807, 2.05) is 29.2 Å². The van der Waals surface area contributed by atoms with Crippen LogP contribution in [0, 0.1) is 5.82 Å². The fraction of sp³-hybridized carbons (Fsp3) is 0.368. The summed E-state index contributed by atoms with van der Waals surface area (Å²) in [5.74, 6) is 0.0169. The zero-order valence-corrected chi connectivity index (χ0v) is 13.4. The Kier molecular flexibility index (Phi) is 4.02. The van der Waals surface area contributed by atoms with E-state index >= 15 is 0 Å². The highest BCUT2D eigenvalue weighted by atomic mass is 19.1. The molecule has 0 radical (unpaired) electrons. The van der Waals surface area contributed by atoms with Crippen molar-refractivity contribution in [2.24, 2.45) is 0 Å². The average Bonchev–Trinajstić information content (AvgIpc) is 3.11. The molecule has 2 saturated heterocycles. The number of benzene rings is 1. The van der Waals surface area contributed by atoms with Gasteiger partial charge in [0.25, 0.3) is 0 Å². The van der Waals surface area contributed by atoms with Crippen LogP contribution in [0.3, 0.4) is 0 Å². The molecule has 0 N–H and O–H groups in total. The lowest BCUT2D eigenvalue weighted by Gasteiger charge is -2.25. The van der Waals surface area contributed by atoms with E-state index < -0.39 is 0 Å². The smallest absolute Gasteiger partial charge is 0.224 e. The summed E-state index contributed by atoms with van der Waals surface area (Å²) in [4.78, 5) is 20.9. The van der Waals surface area contributed by atoms with Gasteiger partial charge in [-0.25, -0.2) is 4.39 Å². The molecule has 2 aliphatic heterocycles. The number of amides is 1. The van der Waals surface area contributed by atoms with Gasteiger partial charge in [-0.2, -0.15) is 0 Å². The molecule has 0 bridgehead atoms. The minimum absolute atomic E-state index is 0.211. The third-order valence-corrected chi connectivity index (χ3v) is 5.13. The second-order valence-corrected chi connectivity index (χ2v) is 6.60. The van der Waals surface area contributed by atoms with Gasteiger partial charge in [0.05, 0.1) is 0 Å². The normalized spacial score (nSPS) is 23.7. The third-order valence-electron chi connectivity index (χ3n) is 5.13. The van der Waals surface area contributed by atoms with Crippen molar-refractivity contribution in [1.82, 2.24) is 14.8 Å². The first-order valence-corrected chi connectivity index (χ1v) is 8.37. The summed E-state index contributed by atoms with van der Waals surface area (Å²) >= 11 is 0.